The summed E-state index contributed by atoms with van der Waals surface area (Å²) >= 11 is 0. The van der Waals surface area contributed by atoms with Crippen LogP contribution in [0.5, 0.6) is 0 Å². The maximum Gasteiger partial charge on any atom is 0.146 e. The molecule has 0 aliphatic rings. The third-order valence-electron chi connectivity index (χ3n) is 2.41. The summed E-state index contributed by atoms with van der Waals surface area (Å²) in [6, 6.07) is 3.40. The van der Waals surface area contributed by atoms with E-state index in [9.17, 15) is 8.78 Å². The Labute approximate surface area is 97.3 Å². The van der Waals surface area contributed by atoms with Crippen molar-refractivity contribution >= 4 is 0 Å². The van der Waals surface area contributed by atoms with Crippen LogP contribution < -0.4 is 5.32 Å². The Bertz CT molecular complexity index is 510. The molecule has 0 amide bonds. The molecule has 0 bridgehead atoms. The molecule has 17 heavy (non-hydrogen) atoms. The summed E-state index contributed by atoms with van der Waals surface area (Å²) in [6.07, 6.45) is 1.58. The topological polar surface area (TPSA) is 42.7 Å². The molecule has 0 fully saturated rings. The van der Waals surface area contributed by atoms with Crippen molar-refractivity contribution in [1.29, 1.82) is 0 Å². The van der Waals surface area contributed by atoms with Crippen LogP contribution in [-0.2, 0) is 20.1 Å². The quantitative estimate of drug-likeness (QED) is 0.875. The van der Waals surface area contributed by atoms with Crippen LogP contribution in [0.4, 0.5) is 8.78 Å². The van der Waals surface area contributed by atoms with Gasteiger partial charge < -0.3 is 9.88 Å². The number of benzene rings is 1. The van der Waals surface area contributed by atoms with Gasteiger partial charge in [-0.15, -0.1) is 10.2 Å². The maximum absolute atomic E-state index is 13.3. The Kier molecular flexibility index (Phi) is 3.43. The van der Waals surface area contributed by atoms with Crippen LogP contribution in [0, 0.1) is 11.6 Å². The van der Waals surface area contributed by atoms with Gasteiger partial charge in [-0.25, -0.2) is 8.78 Å². The molecule has 0 atom stereocenters. The van der Waals surface area contributed by atoms with Gasteiger partial charge in [0, 0.05) is 19.2 Å². The smallest absolute Gasteiger partial charge is 0.146 e. The lowest BCUT2D eigenvalue weighted by molar-refractivity contribution is 0.561. The average Bonchev–Trinajstić information content (AvgIpc) is 2.70. The van der Waals surface area contributed by atoms with Gasteiger partial charge >= 0.3 is 0 Å². The van der Waals surface area contributed by atoms with Gasteiger partial charge in [0.25, 0.3) is 0 Å². The maximum atomic E-state index is 13.3. The summed E-state index contributed by atoms with van der Waals surface area (Å²) in [4.78, 5) is 0. The van der Waals surface area contributed by atoms with Gasteiger partial charge in [-0.2, -0.15) is 0 Å². The van der Waals surface area contributed by atoms with Crippen LogP contribution in [0.15, 0.2) is 24.5 Å². The number of nitrogens with one attached hydrogen (secondary N) is 1. The van der Waals surface area contributed by atoms with Crippen LogP contribution >= 0.6 is 0 Å². The lowest BCUT2D eigenvalue weighted by Gasteiger charge is -2.05. The zero-order valence-corrected chi connectivity index (χ0v) is 9.32. The number of rotatable bonds is 4. The van der Waals surface area contributed by atoms with E-state index in [1.807, 2.05) is 7.05 Å². The average molecular weight is 238 g/mol. The summed E-state index contributed by atoms with van der Waals surface area (Å²) in [7, 11) is 1.82. The zero-order chi connectivity index (χ0) is 12.3. The van der Waals surface area contributed by atoms with Gasteiger partial charge in [-0.05, 0) is 18.2 Å². The van der Waals surface area contributed by atoms with E-state index < -0.39 is 11.6 Å². The van der Waals surface area contributed by atoms with Gasteiger partial charge in [0.05, 0.1) is 6.54 Å². The molecule has 0 saturated heterocycles. The van der Waals surface area contributed by atoms with Crippen molar-refractivity contribution in [3.8, 4) is 0 Å². The standard InChI is InChI=1S/C11H12F2N4/c1-17-7-15-16-11(17)6-14-5-8-4-9(12)2-3-10(8)13/h2-4,7,14H,5-6H2,1H3. The monoisotopic (exact) mass is 238 g/mol. The zero-order valence-electron chi connectivity index (χ0n) is 9.32. The van der Waals surface area contributed by atoms with Gasteiger partial charge in [0.15, 0.2) is 0 Å². The Morgan fingerprint density at radius 1 is 1.29 bits per heavy atom. The van der Waals surface area contributed by atoms with Crippen molar-refractivity contribution in [2.45, 2.75) is 13.1 Å². The fraction of sp³-hybridized carbons (Fsp3) is 0.273. The molecule has 0 aliphatic carbocycles. The van der Waals surface area contributed by atoms with Crippen molar-refractivity contribution in [2.24, 2.45) is 7.05 Å². The summed E-state index contributed by atoms with van der Waals surface area (Å²) in [5, 5.41) is 10.6. The van der Waals surface area contributed by atoms with Crippen molar-refractivity contribution in [3.05, 3.63) is 47.5 Å². The third-order valence-corrected chi connectivity index (χ3v) is 2.41. The highest BCUT2D eigenvalue weighted by Crippen LogP contribution is 2.09. The molecule has 1 heterocycles. The Morgan fingerprint density at radius 2 is 2.12 bits per heavy atom. The molecule has 0 aliphatic heterocycles. The fourth-order valence-electron chi connectivity index (χ4n) is 1.45. The minimum atomic E-state index is -0.443. The summed E-state index contributed by atoms with van der Waals surface area (Å²) in [5.74, 6) is -0.125. The molecule has 1 N–H and O–H groups in total. The van der Waals surface area contributed by atoms with Crippen LogP contribution in [-0.4, -0.2) is 14.8 Å². The summed E-state index contributed by atoms with van der Waals surface area (Å²) in [6.45, 7) is 0.697. The normalized spacial score (nSPS) is 10.8. The highest BCUT2D eigenvalue weighted by Gasteiger charge is 2.04. The molecule has 2 rings (SSSR count). The van der Waals surface area contributed by atoms with E-state index in [0.717, 1.165) is 18.0 Å². The number of hydrogen-bond donors (Lipinski definition) is 1. The SMILES string of the molecule is Cn1cnnc1CNCc1cc(F)ccc1F. The molecular formula is C11H12F2N4. The molecule has 1 aromatic heterocycles. The molecule has 90 valence electrons. The Balaban J connectivity index is 1.94. The molecular weight excluding hydrogens is 226 g/mol. The molecule has 0 radical (unpaired) electrons. The lowest BCUT2D eigenvalue weighted by atomic mass is 10.2. The second-order valence-electron chi connectivity index (χ2n) is 3.70. The summed E-state index contributed by atoms with van der Waals surface area (Å²) < 4.78 is 27.9. The molecule has 0 spiro atoms. The van der Waals surface area contributed by atoms with Gasteiger partial charge in [0.2, 0.25) is 0 Å². The number of aromatic nitrogens is 3. The number of aryl methyl sites for hydroxylation is 1. The van der Waals surface area contributed by atoms with E-state index >= 15 is 0 Å². The minimum Gasteiger partial charge on any atom is -0.320 e. The first kappa shape index (κ1) is 11.7. The van der Waals surface area contributed by atoms with Crippen molar-refractivity contribution < 1.29 is 8.78 Å². The second kappa shape index (κ2) is 5.01. The first-order valence-corrected chi connectivity index (χ1v) is 5.14. The highest BCUT2D eigenvalue weighted by molar-refractivity contribution is 5.18. The predicted molar refractivity (Wildman–Crippen MR) is 57.9 cm³/mol. The molecule has 1 aromatic carbocycles. The van der Waals surface area contributed by atoms with E-state index in [1.54, 1.807) is 10.9 Å². The lowest BCUT2D eigenvalue weighted by Crippen LogP contribution is -2.16. The molecule has 0 saturated carbocycles. The minimum absolute atomic E-state index is 0.246. The highest BCUT2D eigenvalue weighted by atomic mass is 19.1. The molecule has 2 aromatic rings. The van der Waals surface area contributed by atoms with Crippen molar-refractivity contribution in [3.63, 3.8) is 0 Å². The number of hydrogen-bond acceptors (Lipinski definition) is 3. The Morgan fingerprint density at radius 3 is 2.82 bits per heavy atom. The van der Waals surface area contributed by atoms with Crippen LogP contribution in [0.2, 0.25) is 0 Å². The Hall–Kier alpha value is -1.82. The van der Waals surface area contributed by atoms with E-state index in [2.05, 4.69) is 15.5 Å². The summed E-state index contributed by atoms with van der Waals surface area (Å²) in [5.41, 5.74) is 0.298. The van der Waals surface area contributed by atoms with Gasteiger partial charge in [-0.3, -0.25) is 0 Å². The van der Waals surface area contributed by atoms with Crippen LogP contribution in [0.1, 0.15) is 11.4 Å². The third kappa shape index (κ3) is 2.85. The molecule has 0 unspecified atom stereocenters. The van der Waals surface area contributed by atoms with Crippen LogP contribution in [0.25, 0.3) is 0 Å². The van der Waals surface area contributed by atoms with Gasteiger partial charge in [0.1, 0.15) is 23.8 Å². The largest absolute Gasteiger partial charge is 0.320 e. The first-order valence-electron chi connectivity index (χ1n) is 5.14. The number of nitrogens with zero attached hydrogens (tertiary/aromatic N) is 3. The molecule has 6 heteroatoms. The van der Waals surface area contributed by atoms with Crippen LogP contribution in [0.3, 0.4) is 0 Å². The predicted octanol–water partition coefficient (Wildman–Crippen LogP) is 1.38. The van der Waals surface area contributed by atoms with E-state index in [0.29, 0.717) is 12.1 Å². The van der Waals surface area contributed by atoms with E-state index in [1.165, 1.54) is 6.07 Å². The van der Waals surface area contributed by atoms with Crippen molar-refractivity contribution in [1.82, 2.24) is 20.1 Å². The van der Waals surface area contributed by atoms with E-state index in [4.69, 9.17) is 0 Å². The second-order valence-corrected chi connectivity index (χ2v) is 3.70. The van der Waals surface area contributed by atoms with E-state index in [-0.39, 0.29) is 6.54 Å². The van der Waals surface area contributed by atoms with Gasteiger partial charge in [-0.1, -0.05) is 0 Å². The number of halogens is 2. The first-order chi connectivity index (χ1) is 8.16. The van der Waals surface area contributed by atoms with Crippen molar-refractivity contribution in [2.75, 3.05) is 0 Å². The molecule has 4 nitrogen and oxygen atoms in total. The fourth-order valence-corrected chi connectivity index (χ4v) is 1.45.